The average Bonchev–Trinajstić information content (AvgIpc) is 2.27. The first-order chi connectivity index (χ1) is 7.44. The fourth-order valence-corrected chi connectivity index (χ4v) is 1.44. The second-order valence-corrected chi connectivity index (χ2v) is 5.58. The van der Waals surface area contributed by atoms with Gasteiger partial charge in [-0.25, -0.2) is 0 Å². The van der Waals surface area contributed by atoms with Gasteiger partial charge in [-0.15, -0.1) is 0 Å². The van der Waals surface area contributed by atoms with Gasteiger partial charge in [-0.2, -0.15) is 0 Å². The number of Topliss-reactive ketones (excluding diaryl/α,β-unsaturated/α-hetero) is 1. The zero-order valence-corrected chi connectivity index (χ0v) is 12.1. The maximum Gasteiger partial charge on any atom is 0.188 e. The Bertz CT molecular complexity index is 355. The van der Waals surface area contributed by atoms with E-state index in [1.54, 1.807) is 0 Å². The summed E-state index contributed by atoms with van der Waals surface area (Å²) >= 11 is 2.22. The molecule has 16 heavy (non-hydrogen) atoms. The Morgan fingerprint density at radius 1 is 1.31 bits per heavy atom. The smallest absolute Gasteiger partial charge is 0.188 e. The summed E-state index contributed by atoms with van der Waals surface area (Å²) in [4.78, 5) is 11.8. The molecule has 0 N–H and O–H groups in total. The lowest BCUT2D eigenvalue weighted by atomic mass is 10.1. The summed E-state index contributed by atoms with van der Waals surface area (Å²) in [6, 6.07) is 7.54. The third kappa shape index (κ3) is 4.22. The summed E-state index contributed by atoms with van der Waals surface area (Å²) < 4.78 is 6.70. The van der Waals surface area contributed by atoms with Crippen LogP contribution in [-0.2, 0) is 4.74 Å². The van der Waals surface area contributed by atoms with Crippen LogP contribution < -0.4 is 0 Å². The van der Waals surface area contributed by atoms with E-state index in [2.05, 4.69) is 29.5 Å². The third-order valence-corrected chi connectivity index (χ3v) is 3.33. The van der Waals surface area contributed by atoms with E-state index in [1.807, 2.05) is 38.1 Å². The first kappa shape index (κ1) is 13.6. The molecule has 0 aliphatic rings. The standard InChI is InChI=1S/C13H17IO2/c1-4-13(2,3)16-9-12(15)10-5-7-11(14)8-6-10/h5-8H,4,9H2,1-3H3. The lowest BCUT2D eigenvalue weighted by Gasteiger charge is -2.22. The monoisotopic (exact) mass is 332 g/mol. The molecule has 0 saturated heterocycles. The van der Waals surface area contributed by atoms with Gasteiger partial charge in [-0.1, -0.05) is 19.1 Å². The van der Waals surface area contributed by atoms with Crippen LogP contribution in [0.5, 0.6) is 0 Å². The number of ether oxygens (including phenoxy) is 1. The molecule has 88 valence electrons. The van der Waals surface area contributed by atoms with Crippen molar-refractivity contribution in [1.82, 2.24) is 0 Å². The van der Waals surface area contributed by atoms with Crippen LogP contribution in [0.1, 0.15) is 37.6 Å². The predicted octanol–water partition coefficient (Wildman–Crippen LogP) is 3.68. The predicted molar refractivity (Wildman–Crippen MR) is 73.8 cm³/mol. The molecule has 0 spiro atoms. The third-order valence-electron chi connectivity index (χ3n) is 2.61. The van der Waals surface area contributed by atoms with Crippen LogP contribution in [0.3, 0.4) is 0 Å². The van der Waals surface area contributed by atoms with Crippen molar-refractivity contribution in [3.05, 3.63) is 33.4 Å². The highest BCUT2D eigenvalue weighted by Crippen LogP contribution is 2.14. The highest BCUT2D eigenvalue weighted by atomic mass is 127. The molecule has 0 aliphatic heterocycles. The molecule has 0 saturated carbocycles. The van der Waals surface area contributed by atoms with E-state index in [4.69, 9.17) is 4.74 Å². The molecule has 0 aromatic heterocycles. The highest BCUT2D eigenvalue weighted by Gasteiger charge is 2.17. The summed E-state index contributed by atoms with van der Waals surface area (Å²) in [5, 5.41) is 0. The van der Waals surface area contributed by atoms with Crippen molar-refractivity contribution in [1.29, 1.82) is 0 Å². The van der Waals surface area contributed by atoms with Crippen molar-refractivity contribution in [3.63, 3.8) is 0 Å². The summed E-state index contributed by atoms with van der Waals surface area (Å²) in [7, 11) is 0. The van der Waals surface area contributed by atoms with Crippen molar-refractivity contribution in [2.45, 2.75) is 32.8 Å². The van der Waals surface area contributed by atoms with E-state index < -0.39 is 0 Å². The zero-order valence-electron chi connectivity index (χ0n) is 9.92. The Morgan fingerprint density at radius 3 is 2.38 bits per heavy atom. The van der Waals surface area contributed by atoms with E-state index in [1.165, 1.54) is 0 Å². The van der Waals surface area contributed by atoms with Crippen molar-refractivity contribution >= 4 is 28.4 Å². The van der Waals surface area contributed by atoms with Crippen LogP contribution in [0, 0.1) is 3.57 Å². The molecule has 3 heteroatoms. The normalized spacial score (nSPS) is 11.5. The molecule has 0 bridgehead atoms. The van der Waals surface area contributed by atoms with Crippen molar-refractivity contribution in [2.24, 2.45) is 0 Å². The van der Waals surface area contributed by atoms with Crippen molar-refractivity contribution < 1.29 is 9.53 Å². The number of ketones is 1. The van der Waals surface area contributed by atoms with Gasteiger partial charge in [-0.3, -0.25) is 4.79 Å². The summed E-state index contributed by atoms with van der Waals surface area (Å²) in [5.41, 5.74) is 0.492. The number of carbonyl (C=O) groups is 1. The first-order valence-corrected chi connectivity index (χ1v) is 6.45. The lowest BCUT2D eigenvalue weighted by molar-refractivity contribution is -0.0122. The molecule has 0 unspecified atom stereocenters. The Labute approximate surface area is 111 Å². The Hall–Kier alpha value is -0.420. The van der Waals surface area contributed by atoms with Gasteiger partial charge in [0.2, 0.25) is 0 Å². The number of benzene rings is 1. The van der Waals surface area contributed by atoms with E-state index >= 15 is 0 Å². The average molecular weight is 332 g/mol. The van der Waals surface area contributed by atoms with Crippen LogP contribution in [0.25, 0.3) is 0 Å². The maximum atomic E-state index is 11.8. The van der Waals surface area contributed by atoms with Gasteiger partial charge in [0.15, 0.2) is 5.78 Å². The van der Waals surface area contributed by atoms with E-state index in [9.17, 15) is 4.79 Å². The SMILES string of the molecule is CCC(C)(C)OCC(=O)c1ccc(I)cc1. The molecular weight excluding hydrogens is 315 g/mol. The van der Waals surface area contributed by atoms with Gasteiger partial charge < -0.3 is 4.74 Å². The quantitative estimate of drug-likeness (QED) is 0.607. The molecule has 0 heterocycles. The molecule has 0 radical (unpaired) electrons. The van der Waals surface area contributed by atoms with E-state index in [0.29, 0.717) is 5.56 Å². The maximum absolute atomic E-state index is 11.8. The first-order valence-electron chi connectivity index (χ1n) is 5.37. The molecule has 0 atom stereocenters. The van der Waals surface area contributed by atoms with E-state index in [-0.39, 0.29) is 18.0 Å². The lowest BCUT2D eigenvalue weighted by Crippen LogP contribution is -2.26. The van der Waals surface area contributed by atoms with Gasteiger partial charge in [-0.05, 0) is 55.0 Å². The summed E-state index contributed by atoms with van der Waals surface area (Å²) in [6.45, 7) is 6.19. The number of hydrogen-bond donors (Lipinski definition) is 0. The number of carbonyl (C=O) groups excluding carboxylic acids is 1. The van der Waals surface area contributed by atoms with E-state index in [0.717, 1.165) is 9.99 Å². The minimum absolute atomic E-state index is 0.0397. The van der Waals surface area contributed by atoms with Crippen LogP contribution in [0.15, 0.2) is 24.3 Å². The second-order valence-electron chi connectivity index (χ2n) is 4.33. The minimum atomic E-state index is -0.223. The van der Waals surface area contributed by atoms with Crippen LogP contribution in [-0.4, -0.2) is 18.0 Å². The van der Waals surface area contributed by atoms with Crippen LogP contribution in [0.4, 0.5) is 0 Å². The zero-order chi connectivity index (χ0) is 12.2. The van der Waals surface area contributed by atoms with Gasteiger partial charge in [0, 0.05) is 9.13 Å². The van der Waals surface area contributed by atoms with Crippen LogP contribution in [0.2, 0.25) is 0 Å². The number of rotatable bonds is 5. The topological polar surface area (TPSA) is 26.3 Å². The van der Waals surface area contributed by atoms with Gasteiger partial charge in [0.1, 0.15) is 6.61 Å². The highest BCUT2D eigenvalue weighted by molar-refractivity contribution is 14.1. The molecular formula is C13H17IO2. The second kappa shape index (κ2) is 5.77. The van der Waals surface area contributed by atoms with Crippen molar-refractivity contribution in [2.75, 3.05) is 6.61 Å². The van der Waals surface area contributed by atoms with Gasteiger partial charge in [0.25, 0.3) is 0 Å². The fraction of sp³-hybridized carbons (Fsp3) is 0.462. The molecule has 1 rings (SSSR count). The fourth-order valence-electron chi connectivity index (χ4n) is 1.08. The van der Waals surface area contributed by atoms with Crippen molar-refractivity contribution in [3.8, 4) is 0 Å². The summed E-state index contributed by atoms with van der Waals surface area (Å²) in [6.07, 6.45) is 0.896. The summed E-state index contributed by atoms with van der Waals surface area (Å²) in [5.74, 6) is 0.0397. The molecule has 2 nitrogen and oxygen atoms in total. The number of hydrogen-bond acceptors (Lipinski definition) is 2. The molecule has 0 amide bonds. The molecule has 0 fully saturated rings. The van der Waals surface area contributed by atoms with Gasteiger partial charge >= 0.3 is 0 Å². The molecule has 1 aromatic rings. The Balaban J connectivity index is 2.56. The minimum Gasteiger partial charge on any atom is -0.367 e. The van der Waals surface area contributed by atoms with Crippen LogP contribution >= 0.6 is 22.6 Å². The molecule has 1 aromatic carbocycles. The Morgan fingerprint density at radius 2 is 1.88 bits per heavy atom. The van der Waals surface area contributed by atoms with Gasteiger partial charge in [0.05, 0.1) is 5.60 Å². The largest absolute Gasteiger partial charge is 0.367 e. The Kier molecular flexibility index (Phi) is 4.92. The number of halogens is 1. The molecule has 0 aliphatic carbocycles.